The molecule has 27 heavy (non-hydrogen) atoms. The molecule has 3 rings (SSSR count). The molecule has 2 aliphatic rings. The van der Waals surface area contributed by atoms with E-state index in [0.29, 0.717) is 12.1 Å². The molecular formula is C22H33N3O2. The van der Waals surface area contributed by atoms with Crippen LogP contribution in [0.3, 0.4) is 0 Å². The molecular weight excluding hydrogens is 338 g/mol. The lowest BCUT2D eigenvalue weighted by atomic mass is 9.96. The van der Waals surface area contributed by atoms with Gasteiger partial charge in [-0.1, -0.05) is 0 Å². The zero-order valence-corrected chi connectivity index (χ0v) is 17.1. The summed E-state index contributed by atoms with van der Waals surface area (Å²) in [5.41, 5.74) is 1.90. The number of ketones is 1. The van der Waals surface area contributed by atoms with E-state index >= 15 is 0 Å². The van der Waals surface area contributed by atoms with Gasteiger partial charge in [0.25, 0.3) is 0 Å². The molecule has 1 amide bonds. The van der Waals surface area contributed by atoms with Crippen molar-refractivity contribution in [2.24, 2.45) is 0 Å². The van der Waals surface area contributed by atoms with E-state index in [1.807, 2.05) is 24.3 Å². The number of benzene rings is 1. The normalized spacial score (nSPS) is 25.3. The van der Waals surface area contributed by atoms with Gasteiger partial charge in [0.05, 0.1) is 6.04 Å². The summed E-state index contributed by atoms with van der Waals surface area (Å²) in [5.74, 6) is 0.383. The molecule has 5 nitrogen and oxygen atoms in total. The van der Waals surface area contributed by atoms with Crippen LogP contribution in [0.15, 0.2) is 24.3 Å². The molecule has 5 heteroatoms. The van der Waals surface area contributed by atoms with E-state index in [4.69, 9.17) is 0 Å². The van der Waals surface area contributed by atoms with Crippen molar-refractivity contribution in [3.05, 3.63) is 29.8 Å². The number of hydrogen-bond acceptors (Lipinski definition) is 4. The van der Waals surface area contributed by atoms with Crippen LogP contribution in [0.1, 0.15) is 57.3 Å². The number of anilines is 1. The largest absolute Gasteiger partial charge is 0.369 e. The van der Waals surface area contributed by atoms with Gasteiger partial charge in [0.1, 0.15) is 0 Å². The zero-order chi connectivity index (χ0) is 19.6. The van der Waals surface area contributed by atoms with E-state index in [0.717, 1.165) is 50.3 Å². The van der Waals surface area contributed by atoms with Crippen LogP contribution < -0.4 is 4.90 Å². The topological polar surface area (TPSA) is 43.9 Å². The fourth-order valence-electron chi connectivity index (χ4n) is 4.50. The smallest absolute Gasteiger partial charge is 0.240 e. The molecule has 0 saturated carbocycles. The van der Waals surface area contributed by atoms with Gasteiger partial charge < -0.3 is 9.80 Å². The molecule has 2 heterocycles. The SMILES string of the molecule is CC(=O)c1ccc(N2CCN([C@H](C)C(=O)N3[C@H](C)CCC[C@H]3C)CC2)cc1. The molecule has 1 aromatic carbocycles. The maximum atomic E-state index is 13.1. The molecule has 2 aliphatic heterocycles. The highest BCUT2D eigenvalue weighted by Gasteiger charge is 2.34. The summed E-state index contributed by atoms with van der Waals surface area (Å²) < 4.78 is 0. The Bertz CT molecular complexity index is 655. The number of piperazine rings is 1. The lowest BCUT2D eigenvalue weighted by Crippen LogP contribution is -2.58. The van der Waals surface area contributed by atoms with E-state index in [1.54, 1.807) is 6.92 Å². The van der Waals surface area contributed by atoms with Gasteiger partial charge >= 0.3 is 0 Å². The van der Waals surface area contributed by atoms with Crippen LogP contribution in [0, 0.1) is 0 Å². The predicted octanol–water partition coefficient (Wildman–Crippen LogP) is 3.19. The third kappa shape index (κ3) is 4.34. The van der Waals surface area contributed by atoms with Crippen LogP contribution in [-0.2, 0) is 4.79 Å². The molecule has 0 N–H and O–H groups in total. The number of nitrogens with zero attached hydrogens (tertiary/aromatic N) is 3. The van der Waals surface area contributed by atoms with Crippen molar-refractivity contribution in [2.75, 3.05) is 31.1 Å². The van der Waals surface area contributed by atoms with Gasteiger partial charge in [-0.2, -0.15) is 0 Å². The van der Waals surface area contributed by atoms with Crippen molar-refractivity contribution in [2.45, 2.75) is 65.1 Å². The molecule has 0 aliphatic carbocycles. The first kappa shape index (κ1) is 19.9. The second-order valence-electron chi connectivity index (χ2n) is 8.18. The summed E-state index contributed by atoms with van der Waals surface area (Å²) in [6.07, 6.45) is 3.46. The van der Waals surface area contributed by atoms with Crippen molar-refractivity contribution >= 4 is 17.4 Å². The van der Waals surface area contributed by atoms with Gasteiger partial charge in [0.2, 0.25) is 5.91 Å². The first-order valence-corrected chi connectivity index (χ1v) is 10.3. The van der Waals surface area contributed by atoms with Crippen molar-refractivity contribution in [3.8, 4) is 0 Å². The zero-order valence-electron chi connectivity index (χ0n) is 17.1. The van der Waals surface area contributed by atoms with E-state index in [2.05, 4.69) is 35.5 Å². The maximum Gasteiger partial charge on any atom is 0.240 e. The molecule has 0 aromatic heterocycles. The summed E-state index contributed by atoms with van der Waals surface area (Å²) in [7, 11) is 0. The van der Waals surface area contributed by atoms with E-state index < -0.39 is 0 Å². The molecule has 0 bridgehead atoms. The molecule has 0 spiro atoms. The summed E-state index contributed by atoms with van der Waals surface area (Å²) in [6.45, 7) is 11.6. The molecule has 148 valence electrons. The van der Waals surface area contributed by atoms with Gasteiger partial charge in [-0.15, -0.1) is 0 Å². The molecule has 1 aromatic rings. The molecule has 2 fully saturated rings. The highest BCUT2D eigenvalue weighted by Crippen LogP contribution is 2.25. The van der Waals surface area contributed by atoms with Crippen LogP contribution in [0.25, 0.3) is 0 Å². The average Bonchev–Trinajstić information content (AvgIpc) is 2.67. The van der Waals surface area contributed by atoms with E-state index in [9.17, 15) is 9.59 Å². The summed E-state index contributed by atoms with van der Waals surface area (Å²) >= 11 is 0. The van der Waals surface area contributed by atoms with Crippen LogP contribution >= 0.6 is 0 Å². The summed E-state index contributed by atoms with van der Waals surface area (Å²) in [4.78, 5) is 31.3. The Kier molecular flexibility index (Phi) is 6.20. The van der Waals surface area contributed by atoms with Crippen LogP contribution in [0.2, 0.25) is 0 Å². The Morgan fingerprint density at radius 2 is 1.52 bits per heavy atom. The lowest BCUT2D eigenvalue weighted by molar-refractivity contribution is -0.142. The number of rotatable bonds is 4. The fourth-order valence-corrected chi connectivity index (χ4v) is 4.50. The standard InChI is InChI=1S/C22H33N3O2/c1-16-6-5-7-17(2)25(16)22(27)18(3)23-12-14-24(15-13-23)21-10-8-20(9-11-21)19(4)26/h8-11,16-18H,5-7,12-15H2,1-4H3/t16-,17-,18-/m1/s1. The number of amides is 1. The third-order valence-corrected chi connectivity index (χ3v) is 6.31. The Labute approximate surface area is 163 Å². The minimum absolute atomic E-state index is 0.0600. The van der Waals surface area contributed by atoms with Crippen molar-refractivity contribution in [1.29, 1.82) is 0 Å². The highest BCUT2D eigenvalue weighted by molar-refractivity contribution is 5.94. The maximum absolute atomic E-state index is 13.1. The van der Waals surface area contributed by atoms with Crippen molar-refractivity contribution < 1.29 is 9.59 Å². The quantitative estimate of drug-likeness (QED) is 0.763. The van der Waals surface area contributed by atoms with Crippen LogP contribution in [-0.4, -0.2) is 65.8 Å². The van der Waals surface area contributed by atoms with Crippen molar-refractivity contribution in [1.82, 2.24) is 9.80 Å². The molecule has 3 atom stereocenters. The summed E-state index contributed by atoms with van der Waals surface area (Å²) in [5, 5.41) is 0. The van der Waals surface area contributed by atoms with Gasteiger partial charge in [-0.05, 0) is 71.2 Å². The molecule has 0 unspecified atom stereocenters. The number of Topliss-reactive ketones (excluding diaryl/α,β-unsaturated/α-hetero) is 1. The Morgan fingerprint density at radius 3 is 2.04 bits per heavy atom. The van der Waals surface area contributed by atoms with Gasteiger partial charge in [0.15, 0.2) is 5.78 Å². The van der Waals surface area contributed by atoms with Gasteiger partial charge in [-0.3, -0.25) is 14.5 Å². The number of carbonyl (C=O) groups excluding carboxylic acids is 2. The molecule has 2 saturated heterocycles. The average molecular weight is 372 g/mol. The Morgan fingerprint density at radius 1 is 0.963 bits per heavy atom. The highest BCUT2D eigenvalue weighted by atomic mass is 16.2. The van der Waals surface area contributed by atoms with Crippen molar-refractivity contribution in [3.63, 3.8) is 0 Å². The molecule has 0 radical (unpaired) electrons. The van der Waals surface area contributed by atoms with E-state index in [-0.39, 0.29) is 17.7 Å². The number of likely N-dealkylation sites (tertiary alicyclic amines) is 1. The predicted molar refractivity (Wildman–Crippen MR) is 109 cm³/mol. The Hall–Kier alpha value is -1.88. The Balaban J connectivity index is 1.58. The minimum Gasteiger partial charge on any atom is -0.369 e. The third-order valence-electron chi connectivity index (χ3n) is 6.31. The first-order chi connectivity index (χ1) is 12.9. The number of carbonyl (C=O) groups is 2. The monoisotopic (exact) mass is 371 g/mol. The minimum atomic E-state index is -0.0600. The summed E-state index contributed by atoms with van der Waals surface area (Å²) in [6, 6.07) is 8.49. The fraction of sp³-hybridized carbons (Fsp3) is 0.636. The number of piperidine rings is 1. The lowest BCUT2D eigenvalue weighted by Gasteiger charge is -2.44. The number of hydrogen-bond donors (Lipinski definition) is 0. The second kappa shape index (κ2) is 8.42. The van der Waals surface area contributed by atoms with Crippen LogP contribution in [0.5, 0.6) is 0 Å². The van der Waals surface area contributed by atoms with E-state index in [1.165, 1.54) is 6.42 Å². The first-order valence-electron chi connectivity index (χ1n) is 10.3. The van der Waals surface area contributed by atoms with Gasteiger partial charge in [-0.25, -0.2) is 0 Å². The van der Waals surface area contributed by atoms with Crippen LogP contribution in [0.4, 0.5) is 5.69 Å². The van der Waals surface area contributed by atoms with Gasteiger partial charge in [0, 0.05) is 49.5 Å². The second-order valence-corrected chi connectivity index (χ2v) is 8.18.